The Morgan fingerprint density at radius 3 is 2.71 bits per heavy atom. The quantitative estimate of drug-likeness (QED) is 0.660. The van der Waals surface area contributed by atoms with Crippen LogP contribution in [0.5, 0.6) is 5.75 Å². The van der Waals surface area contributed by atoms with Crippen molar-refractivity contribution >= 4 is 22.5 Å². The molecule has 1 heterocycles. The first-order valence-corrected chi connectivity index (χ1v) is 5.68. The molecule has 0 unspecified atom stereocenters. The summed E-state index contributed by atoms with van der Waals surface area (Å²) in [6, 6.07) is 13.2. The van der Waals surface area contributed by atoms with Gasteiger partial charge in [0.25, 0.3) is 0 Å². The molecule has 3 heteroatoms. The molecule has 0 atom stereocenters. The fourth-order valence-electron chi connectivity index (χ4n) is 1.95. The van der Waals surface area contributed by atoms with Crippen LogP contribution in [0.25, 0.3) is 22.0 Å². The van der Waals surface area contributed by atoms with Crippen LogP contribution in [0.2, 0.25) is 5.02 Å². The van der Waals surface area contributed by atoms with E-state index in [1.54, 1.807) is 12.1 Å². The van der Waals surface area contributed by atoms with Gasteiger partial charge in [0, 0.05) is 17.3 Å². The molecular formula is C14H10ClNO. The van der Waals surface area contributed by atoms with Crippen molar-refractivity contribution in [2.75, 3.05) is 0 Å². The summed E-state index contributed by atoms with van der Waals surface area (Å²) in [6.07, 6.45) is 1.91. The predicted octanol–water partition coefficient (Wildman–Crippen LogP) is 4.19. The minimum Gasteiger partial charge on any atom is -0.508 e. The summed E-state index contributed by atoms with van der Waals surface area (Å²) >= 11 is 6.12. The third-order valence-electron chi connectivity index (χ3n) is 2.82. The molecule has 0 aliphatic heterocycles. The largest absolute Gasteiger partial charge is 0.508 e. The zero-order valence-electron chi connectivity index (χ0n) is 8.94. The molecule has 0 bridgehead atoms. The Morgan fingerprint density at radius 1 is 1.00 bits per heavy atom. The van der Waals surface area contributed by atoms with Gasteiger partial charge in [-0.1, -0.05) is 23.7 Å². The molecule has 17 heavy (non-hydrogen) atoms. The molecular weight excluding hydrogens is 234 g/mol. The average molecular weight is 244 g/mol. The molecule has 0 aliphatic carbocycles. The maximum atomic E-state index is 9.33. The van der Waals surface area contributed by atoms with Gasteiger partial charge in [-0.2, -0.15) is 0 Å². The zero-order chi connectivity index (χ0) is 11.8. The van der Waals surface area contributed by atoms with E-state index in [0.717, 1.165) is 16.6 Å². The van der Waals surface area contributed by atoms with Gasteiger partial charge in [-0.15, -0.1) is 0 Å². The minimum atomic E-state index is 0.180. The van der Waals surface area contributed by atoms with Crippen LogP contribution >= 0.6 is 11.6 Å². The molecule has 0 saturated heterocycles. The van der Waals surface area contributed by atoms with Gasteiger partial charge in [-0.3, -0.25) is 0 Å². The smallest absolute Gasteiger partial charge is 0.117 e. The lowest BCUT2D eigenvalue weighted by molar-refractivity contribution is 0.475. The molecule has 0 radical (unpaired) electrons. The van der Waals surface area contributed by atoms with E-state index in [1.165, 1.54) is 5.39 Å². The van der Waals surface area contributed by atoms with Gasteiger partial charge in [0.15, 0.2) is 0 Å². The van der Waals surface area contributed by atoms with Crippen molar-refractivity contribution in [3.05, 3.63) is 53.7 Å². The van der Waals surface area contributed by atoms with Gasteiger partial charge < -0.3 is 10.1 Å². The highest BCUT2D eigenvalue weighted by molar-refractivity contribution is 6.33. The standard InChI is InChI=1S/C14H10ClNO/c15-13-8-11(17)3-4-12(13)10-2-1-9-5-6-16-14(9)7-10/h1-8,16-17H. The first kappa shape index (κ1) is 10.2. The summed E-state index contributed by atoms with van der Waals surface area (Å²) in [5, 5.41) is 11.1. The summed E-state index contributed by atoms with van der Waals surface area (Å²) in [5.74, 6) is 0.180. The Morgan fingerprint density at radius 2 is 1.88 bits per heavy atom. The second-order valence-electron chi connectivity index (χ2n) is 3.94. The number of hydrogen-bond donors (Lipinski definition) is 2. The Balaban J connectivity index is 2.19. The van der Waals surface area contributed by atoms with Crippen molar-refractivity contribution in [1.29, 1.82) is 0 Å². The van der Waals surface area contributed by atoms with Crippen LogP contribution in [0, 0.1) is 0 Å². The van der Waals surface area contributed by atoms with Gasteiger partial charge in [0.1, 0.15) is 5.75 Å². The Hall–Kier alpha value is -1.93. The molecule has 2 aromatic carbocycles. The van der Waals surface area contributed by atoms with E-state index in [-0.39, 0.29) is 5.75 Å². The maximum Gasteiger partial charge on any atom is 0.117 e. The number of nitrogens with one attached hydrogen (secondary N) is 1. The third kappa shape index (κ3) is 1.77. The molecule has 0 aliphatic rings. The lowest BCUT2D eigenvalue weighted by atomic mass is 10.0. The summed E-state index contributed by atoms with van der Waals surface area (Å²) in [6.45, 7) is 0. The predicted molar refractivity (Wildman–Crippen MR) is 70.4 cm³/mol. The topological polar surface area (TPSA) is 36.0 Å². The summed E-state index contributed by atoms with van der Waals surface area (Å²) in [4.78, 5) is 3.17. The second kappa shape index (κ2) is 3.82. The highest BCUT2D eigenvalue weighted by atomic mass is 35.5. The first-order chi connectivity index (χ1) is 8.24. The van der Waals surface area contributed by atoms with Gasteiger partial charge in [-0.05, 0) is 41.3 Å². The van der Waals surface area contributed by atoms with Crippen LogP contribution in [-0.2, 0) is 0 Å². The van der Waals surface area contributed by atoms with E-state index < -0.39 is 0 Å². The van der Waals surface area contributed by atoms with Gasteiger partial charge in [0.2, 0.25) is 0 Å². The number of aromatic amines is 1. The molecule has 3 rings (SSSR count). The number of fused-ring (bicyclic) bond motifs is 1. The van der Waals surface area contributed by atoms with Gasteiger partial charge in [0.05, 0.1) is 5.02 Å². The van der Waals surface area contributed by atoms with Crippen molar-refractivity contribution in [3.8, 4) is 16.9 Å². The number of rotatable bonds is 1. The summed E-state index contributed by atoms with van der Waals surface area (Å²) in [5.41, 5.74) is 3.03. The summed E-state index contributed by atoms with van der Waals surface area (Å²) < 4.78 is 0. The molecule has 0 fully saturated rings. The van der Waals surface area contributed by atoms with E-state index in [1.807, 2.05) is 36.5 Å². The number of hydrogen-bond acceptors (Lipinski definition) is 1. The fraction of sp³-hybridized carbons (Fsp3) is 0. The number of halogens is 1. The van der Waals surface area contributed by atoms with E-state index >= 15 is 0 Å². The SMILES string of the molecule is Oc1ccc(-c2ccc3cc[nH]c3c2)c(Cl)c1. The molecule has 2 N–H and O–H groups in total. The lowest BCUT2D eigenvalue weighted by Gasteiger charge is -2.05. The van der Waals surface area contributed by atoms with Crippen LogP contribution in [0.3, 0.4) is 0 Å². The first-order valence-electron chi connectivity index (χ1n) is 5.30. The van der Waals surface area contributed by atoms with Gasteiger partial charge >= 0.3 is 0 Å². The highest BCUT2D eigenvalue weighted by Gasteiger charge is 2.05. The van der Waals surface area contributed by atoms with Crippen LogP contribution in [0.1, 0.15) is 0 Å². The van der Waals surface area contributed by atoms with Crippen LogP contribution < -0.4 is 0 Å². The molecule has 3 aromatic rings. The number of H-pyrrole nitrogens is 1. The van der Waals surface area contributed by atoms with Crippen molar-refractivity contribution in [2.45, 2.75) is 0 Å². The Bertz CT molecular complexity index is 688. The maximum absolute atomic E-state index is 9.33. The lowest BCUT2D eigenvalue weighted by Crippen LogP contribution is -1.80. The van der Waals surface area contributed by atoms with Crippen molar-refractivity contribution in [1.82, 2.24) is 4.98 Å². The van der Waals surface area contributed by atoms with E-state index in [9.17, 15) is 5.11 Å². The highest BCUT2D eigenvalue weighted by Crippen LogP contribution is 2.32. The molecule has 0 amide bonds. The van der Waals surface area contributed by atoms with E-state index in [4.69, 9.17) is 11.6 Å². The molecule has 0 saturated carbocycles. The summed E-state index contributed by atoms with van der Waals surface area (Å²) in [7, 11) is 0. The molecule has 84 valence electrons. The Labute approximate surface area is 103 Å². The number of phenolic OH excluding ortho intramolecular Hbond substituents is 1. The number of aromatic hydroxyl groups is 1. The van der Waals surface area contributed by atoms with Crippen LogP contribution in [0.15, 0.2) is 48.7 Å². The van der Waals surface area contributed by atoms with Crippen molar-refractivity contribution in [2.24, 2.45) is 0 Å². The fourth-order valence-corrected chi connectivity index (χ4v) is 2.24. The third-order valence-corrected chi connectivity index (χ3v) is 3.13. The monoisotopic (exact) mass is 243 g/mol. The van der Waals surface area contributed by atoms with Crippen molar-refractivity contribution < 1.29 is 5.11 Å². The average Bonchev–Trinajstić information content (AvgIpc) is 2.75. The molecule has 2 nitrogen and oxygen atoms in total. The minimum absolute atomic E-state index is 0.180. The van der Waals surface area contributed by atoms with E-state index in [2.05, 4.69) is 4.98 Å². The van der Waals surface area contributed by atoms with Crippen LogP contribution in [0.4, 0.5) is 0 Å². The normalized spacial score (nSPS) is 10.9. The number of aromatic nitrogens is 1. The number of phenols is 1. The second-order valence-corrected chi connectivity index (χ2v) is 4.35. The molecule has 0 spiro atoms. The molecule has 1 aromatic heterocycles. The van der Waals surface area contributed by atoms with Gasteiger partial charge in [-0.25, -0.2) is 0 Å². The van der Waals surface area contributed by atoms with Crippen LogP contribution in [-0.4, -0.2) is 10.1 Å². The van der Waals surface area contributed by atoms with E-state index in [0.29, 0.717) is 5.02 Å². The van der Waals surface area contributed by atoms with Crippen molar-refractivity contribution in [3.63, 3.8) is 0 Å². The Kier molecular flexibility index (Phi) is 2.30. The number of benzene rings is 2. The zero-order valence-corrected chi connectivity index (χ0v) is 9.70.